The molecule has 0 amide bonds. The van der Waals surface area contributed by atoms with Gasteiger partial charge in [-0.1, -0.05) is 0 Å². The van der Waals surface area contributed by atoms with Crippen LogP contribution in [0, 0.1) is 0 Å². The van der Waals surface area contributed by atoms with Gasteiger partial charge >= 0.3 is 0 Å². The average molecular weight is 266 g/mol. The SMILES string of the molecule is O=S(Sc1ccc(O)cc1)c1ccc(O)cc1. The quantitative estimate of drug-likeness (QED) is 0.839. The summed E-state index contributed by atoms with van der Waals surface area (Å²) in [6.45, 7) is 0. The van der Waals surface area contributed by atoms with Crippen LogP contribution in [0.1, 0.15) is 0 Å². The molecule has 88 valence electrons. The number of aromatic hydroxyl groups is 2. The van der Waals surface area contributed by atoms with E-state index >= 15 is 0 Å². The van der Waals surface area contributed by atoms with Crippen LogP contribution in [0.25, 0.3) is 0 Å². The molecule has 0 aromatic heterocycles. The van der Waals surface area contributed by atoms with Crippen molar-refractivity contribution in [2.24, 2.45) is 0 Å². The molecule has 2 rings (SSSR count). The molecule has 2 aromatic carbocycles. The molecule has 5 heteroatoms. The fourth-order valence-corrected chi connectivity index (χ4v) is 3.55. The van der Waals surface area contributed by atoms with Crippen molar-refractivity contribution in [3.05, 3.63) is 48.5 Å². The van der Waals surface area contributed by atoms with E-state index in [1.165, 1.54) is 22.9 Å². The lowest BCUT2D eigenvalue weighted by Crippen LogP contribution is -1.84. The topological polar surface area (TPSA) is 57.5 Å². The van der Waals surface area contributed by atoms with Gasteiger partial charge in [0.15, 0.2) is 0 Å². The molecule has 3 nitrogen and oxygen atoms in total. The van der Waals surface area contributed by atoms with Crippen molar-refractivity contribution in [3.8, 4) is 11.5 Å². The number of hydrogen-bond acceptors (Lipinski definition) is 4. The second-order valence-corrected chi connectivity index (χ2v) is 6.29. The second-order valence-electron chi connectivity index (χ2n) is 3.31. The Labute approximate surface area is 105 Å². The van der Waals surface area contributed by atoms with Crippen LogP contribution >= 0.6 is 10.8 Å². The predicted molar refractivity (Wildman–Crippen MR) is 68.5 cm³/mol. The van der Waals surface area contributed by atoms with Crippen LogP contribution < -0.4 is 0 Å². The molecule has 1 unspecified atom stereocenters. The van der Waals surface area contributed by atoms with Crippen LogP contribution in [-0.2, 0) is 9.83 Å². The van der Waals surface area contributed by atoms with Crippen LogP contribution in [-0.4, -0.2) is 14.4 Å². The van der Waals surface area contributed by atoms with E-state index in [0.717, 1.165) is 4.90 Å². The zero-order valence-electron chi connectivity index (χ0n) is 8.74. The highest BCUT2D eigenvalue weighted by Crippen LogP contribution is 2.28. The Balaban J connectivity index is 2.11. The number of phenols is 2. The van der Waals surface area contributed by atoms with E-state index in [1.807, 2.05) is 0 Å². The van der Waals surface area contributed by atoms with Crippen LogP contribution in [0.5, 0.6) is 11.5 Å². The molecule has 2 aromatic rings. The Hall–Kier alpha value is -1.46. The lowest BCUT2D eigenvalue weighted by molar-refractivity contribution is 0.474. The molecule has 0 fully saturated rings. The molecule has 2 N–H and O–H groups in total. The van der Waals surface area contributed by atoms with E-state index in [9.17, 15) is 4.21 Å². The van der Waals surface area contributed by atoms with Gasteiger partial charge in [0, 0.05) is 4.90 Å². The molecular formula is C12H10O3S2. The van der Waals surface area contributed by atoms with E-state index < -0.39 is 9.83 Å². The molecule has 0 heterocycles. The summed E-state index contributed by atoms with van der Waals surface area (Å²) in [6.07, 6.45) is 0. The molecule has 0 aliphatic heterocycles. The van der Waals surface area contributed by atoms with Crippen molar-refractivity contribution in [2.45, 2.75) is 9.79 Å². The van der Waals surface area contributed by atoms with Gasteiger partial charge in [-0.25, -0.2) is 4.21 Å². The molecule has 0 bridgehead atoms. The van der Waals surface area contributed by atoms with Crippen LogP contribution in [0.15, 0.2) is 58.3 Å². The maximum absolute atomic E-state index is 11.9. The molecule has 0 aliphatic rings. The Bertz CT molecular complexity index is 520. The fraction of sp³-hybridized carbons (Fsp3) is 0. The normalized spacial score (nSPS) is 12.2. The summed E-state index contributed by atoms with van der Waals surface area (Å²) in [5.74, 6) is 0.338. The highest BCUT2D eigenvalue weighted by Gasteiger charge is 2.06. The van der Waals surface area contributed by atoms with E-state index in [0.29, 0.717) is 4.90 Å². The van der Waals surface area contributed by atoms with E-state index in [4.69, 9.17) is 10.2 Å². The summed E-state index contributed by atoms with van der Waals surface area (Å²) < 4.78 is 11.9. The lowest BCUT2D eigenvalue weighted by atomic mass is 10.3. The van der Waals surface area contributed by atoms with Gasteiger partial charge < -0.3 is 10.2 Å². The first-order valence-corrected chi connectivity index (χ1v) is 7.31. The number of hydrogen-bond donors (Lipinski definition) is 2. The van der Waals surface area contributed by atoms with Crippen molar-refractivity contribution in [2.75, 3.05) is 0 Å². The zero-order chi connectivity index (χ0) is 12.3. The third-order valence-corrected chi connectivity index (χ3v) is 4.92. The van der Waals surface area contributed by atoms with Gasteiger partial charge in [-0.3, -0.25) is 0 Å². The summed E-state index contributed by atoms with van der Waals surface area (Å²) in [4.78, 5) is 1.45. The third kappa shape index (κ3) is 3.25. The molecule has 0 radical (unpaired) electrons. The van der Waals surface area contributed by atoms with Crippen molar-refractivity contribution in [3.63, 3.8) is 0 Å². The minimum absolute atomic E-state index is 0.153. The van der Waals surface area contributed by atoms with Gasteiger partial charge in [-0.05, 0) is 59.3 Å². The smallest absolute Gasteiger partial charge is 0.117 e. The van der Waals surface area contributed by atoms with Gasteiger partial charge in [0.2, 0.25) is 0 Å². The first-order chi connectivity index (χ1) is 8.15. The fourth-order valence-electron chi connectivity index (χ4n) is 1.19. The molecule has 1 atom stereocenters. The number of benzene rings is 2. The molecule has 17 heavy (non-hydrogen) atoms. The van der Waals surface area contributed by atoms with Gasteiger partial charge in [0.1, 0.15) is 21.3 Å². The monoisotopic (exact) mass is 266 g/mol. The van der Waals surface area contributed by atoms with Gasteiger partial charge in [-0.2, -0.15) is 0 Å². The van der Waals surface area contributed by atoms with E-state index in [2.05, 4.69) is 0 Å². The second kappa shape index (κ2) is 5.25. The molecule has 0 saturated heterocycles. The van der Waals surface area contributed by atoms with Crippen molar-refractivity contribution in [1.29, 1.82) is 0 Å². The molecule has 0 saturated carbocycles. The van der Waals surface area contributed by atoms with Crippen molar-refractivity contribution >= 4 is 20.6 Å². The zero-order valence-corrected chi connectivity index (χ0v) is 10.4. The van der Waals surface area contributed by atoms with E-state index in [-0.39, 0.29) is 11.5 Å². The first kappa shape index (κ1) is 12.0. The average Bonchev–Trinajstić information content (AvgIpc) is 2.33. The van der Waals surface area contributed by atoms with Crippen molar-refractivity contribution < 1.29 is 14.4 Å². The van der Waals surface area contributed by atoms with Crippen molar-refractivity contribution in [1.82, 2.24) is 0 Å². The van der Waals surface area contributed by atoms with Crippen LogP contribution in [0.3, 0.4) is 0 Å². The first-order valence-electron chi connectivity index (χ1n) is 4.83. The Morgan fingerprint density at radius 1 is 0.824 bits per heavy atom. The summed E-state index contributed by atoms with van der Waals surface area (Å²) in [6, 6.07) is 12.8. The maximum atomic E-state index is 11.9. The lowest BCUT2D eigenvalue weighted by Gasteiger charge is -2.02. The third-order valence-electron chi connectivity index (χ3n) is 2.04. The Morgan fingerprint density at radius 2 is 1.29 bits per heavy atom. The number of rotatable bonds is 3. The predicted octanol–water partition coefficient (Wildman–Crippen LogP) is 2.91. The summed E-state index contributed by atoms with van der Waals surface area (Å²) >= 11 is 0. The summed E-state index contributed by atoms with van der Waals surface area (Å²) in [5, 5.41) is 18.3. The van der Waals surface area contributed by atoms with Crippen LogP contribution in [0.4, 0.5) is 0 Å². The van der Waals surface area contributed by atoms with E-state index in [1.54, 1.807) is 36.4 Å². The minimum atomic E-state index is -1.23. The summed E-state index contributed by atoms with van der Waals surface area (Å²) in [7, 11) is -0.0346. The standard InChI is InChI=1S/C12H10O3S2/c13-9-1-5-11(6-2-9)16-17(15)12-7-3-10(14)4-8-12/h1-8,13-14H. The van der Waals surface area contributed by atoms with Gasteiger partial charge in [0.25, 0.3) is 0 Å². The maximum Gasteiger partial charge on any atom is 0.117 e. The largest absolute Gasteiger partial charge is 0.508 e. The number of phenolic OH excluding ortho intramolecular Hbond substituents is 2. The Morgan fingerprint density at radius 3 is 1.82 bits per heavy atom. The summed E-state index contributed by atoms with van der Waals surface area (Å²) in [5.41, 5.74) is 0. The minimum Gasteiger partial charge on any atom is -0.508 e. The van der Waals surface area contributed by atoms with Gasteiger partial charge in [-0.15, -0.1) is 0 Å². The highest BCUT2D eigenvalue weighted by molar-refractivity contribution is 8.69. The van der Waals surface area contributed by atoms with Gasteiger partial charge in [0.05, 0.1) is 4.90 Å². The molecule has 0 aliphatic carbocycles. The molecule has 0 spiro atoms. The van der Waals surface area contributed by atoms with Crippen LogP contribution in [0.2, 0.25) is 0 Å². The molecular weight excluding hydrogens is 256 g/mol. The Kier molecular flexibility index (Phi) is 3.71. The highest BCUT2D eigenvalue weighted by atomic mass is 33.1.